The second-order valence-electron chi connectivity index (χ2n) is 3.99. The van der Waals surface area contributed by atoms with Crippen LogP contribution in [0.5, 0.6) is 0 Å². The Morgan fingerprint density at radius 2 is 2.27 bits per heavy atom. The third-order valence-electron chi connectivity index (χ3n) is 2.99. The largest absolute Gasteiger partial charge is 0.458 e. The van der Waals surface area contributed by atoms with Crippen molar-refractivity contribution in [1.29, 1.82) is 0 Å². The zero-order valence-corrected chi connectivity index (χ0v) is 10.3. The Bertz CT molecular complexity index is 516. The Balaban J connectivity index is 2.31. The van der Waals surface area contributed by atoms with Crippen LogP contribution in [-0.2, 0) is 6.42 Å². The van der Waals surface area contributed by atoms with Crippen LogP contribution >= 0.6 is 22.6 Å². The zero-order valence-electron chi connectivity index (χ0n) is 8.16. The van der Waals surface area contributed by atoms with Gasteiger partial charge >= 0.3 is 0 Å². The average molecular weight is 314 g/mol. The standard InChI is InChI=1S/C12H11IO2/c13-7-4-5-11-9(6-7)8-2-1-3-10(14)12(8)15-11/h4-6,10,14H,1-3H2. The minimum atomic E-state index is -0.404. The van der Waals surface area contributed by atoms with E-state index in [0.717, 1.165) is 30.6 Å². The number of aliphatic hydroxyl groups excluding tert-OH is 1. The van der Waals surface area contributed by atoms with Crippen molar-refractivity contribution in [3.8, 4) is 0 Å². The molecule has 0 radical (unpaired) electrons. The number of aliphatic hydroxyl groups is 1. The molecule has 2 nitrogen and oxygen atoms in total. The molecule has 1 heterocycles. The van der Waals surface area contributed by atoms with Crippen molar-refractivity contribution in [3.05, 3.63) is 33.1 Å². The van der Waals surface area contributed by atoms with Gasteiger partial charge < -0.3 is 9.52 Å². The van der Waals surface area contributed by atoms with E-state index in [2.05, 4.69) is 28.7 Å². The Kier molecular flexibility index (Phi) is 2.25. The number of fused-ring (bicyclic) bond motifs is 3. The van der Waals surface area contributed by atoms with Crippen molar-refractivity contribution in [2.45, 2.75) is 25.4 Å². The molecule has 1 N–H and O–H groups in total. The Hall–Kier alpha value is -0.550. The lowest BCUT2D eigenvalue weighted by molar-refractivity contribution is 0.131. The molecule has 0 spiro atoms. The van der Waals surface area contributed by atoms with Gasteiger partial charge in [0.1, 0.15) is 17.4 Å². The molecule has 0 fully saturated rings. The summed E-state index contributed by atoms with van der Waals surface area (Å²) in [7, 11) is 0. The molecule has 1 aliphatic carbocycles. The first kappa shape index (κ1) is 9.66. The summed E-state index contributed by atoms with van der Waals surface area (Å²) >= 11 is 2.30. The first-order chi connectivity index (χ1) is 7.25. The van der Waals surface area contributed by atoms with Crippen molar-refractivity contribution in [2.75, 3.05) is 0 Å². The van der Waals surface area contributed by atoms with E-state index in [9.17, 15) is 5.11 Å². The number of hydrogen-bond donors (Lipinski definition) is 1. The molecule has 78 valence electrons. The molecule has 0 saturated carbocycles. The van der Waals surface area contributed by atoms with E-state index >= 15 is 0 Å². The fraction of sp³-hybridized carbons (Fsp3) is 0.333. The van der Waals surface area contributed by atoms with E-state index < -0.39 is 6.10 Å². The Morgan fingerprint density at radius 3 is 3.13 bits per heavy atom. The van der Waals surface area contributed by atoms with Gasteiger partial charge in [0.15, 0.2) is 0 Å². The van der Waals surface area contributed by atoms with Crippen molar-refractivity contribution >= 4 is 33.6 Å². The minimum absolute atomic E-state index is 0.404. The molecule has 2 aromatic rings. The molecular weight excluding hydrogens is 303 g/mol. The van der Waals surface area contributed by atoms with Gasteiger partial charge in [0.2, 0.25) is 0 Å². The average Bonchev–Trinajstić information content (AvgIpc) is 2.58. The summed E-state index contributed by atoms with van der Waals surface area (Å²) in [6.07, 6.45) is 2.50. The molecule has 1 unspecified atom stereocenters. The van der Waals surface area contributed by atoms with Gasteiger partial charge in [-0.3, -0.25) is 0 Å². The van der Waals surface area contributed by atoms with Gasteiger partial charge in [-0.05, 0) is 60.1 Å². The molecule has 0 amide bonds. The van der Waals surface area contributed by atoms with Gasteiger partial charge in [0, 0.05) is 14.5 Å². The second-order valence-corrected chi connectivity index (χ2v) is 5.24. The van der Waals surface area contributed by atoms with Crippen molar-refractivity contribution < 1.29 is 9.52 Å². The molecule has 3 rings (SSSR count). The summed E-state index contributed by atoms with van der Waals surface area (Å²) in [5.41, 5.74) is 2.11. The third kappa shape index (κ3) is 1.49. The molecule has 15 heavy (non-hydrogen) atoms. The molecule has 1 atom stereocenters. The highest BCUT2D eigenvalue weighted by molar-refractivity contribution is 14.1. The normalized spacial score (nSPS) is 20.5. The summed E-state index contributed by atoms with van der Waals surface area (Å²) in [5, 5.41) is 11.0. The van der Waals surface area contributed by atoms with Gasteiger partial charge in [-0.25, -0.2) is 0 Å². The summed E-state index contributed by atoms with van der Waals surface area (Å²) in [4.78, 5) is 0. The fourth-order valence-corrected chi connectivity index (χ4v) is 2.76. The predicted octanol–water partition coefficient (Wildman–Crippen LogP) is 3.41. The lowest BCUT2D eigenvalue weighted by atomic mass is 9.94. The third-order valence-corrected chi connectivity index (χ3v) is 3.66. The van der Waals surface area contributed by atoms with Crippen LogP contribution in [0.2, 0.25) is 0 Å². The molecule has 1 aromatic heterocycles. The molecule has 0 saturated heterocycles. The van der Waals surface area contributed by atoms with Gasteiger partial charge in [-0.1, -0.05) is 0 Å². The zero-order chi connectivity index (χ0) is 10.4. The first-order valence-electron chi connectivity index (χ1n) is 5.14. The minimum Gasteiger partial charge on any atom is -0.458 e. The smallest absolute Gasteiger partial charge is 0.136 e. The summed E-state index contributed by atoms with van der Waals surface area (Å²) < 4.78 is 6.92. The summed E-state index contributed by atoms with van der Waals surface area (Å²) in [5.74, 6) is 0.790. The summed E-state index contributed by atoms with van der Waals surface area (Å²) in [6, 6.07) is 6.16. The van der Waals surface area contributed by atoms with Crippen LogP contribution in [0.25, 0.3) is 11.0 Å². The van der Waals surface area contributed by atoms with Gasteiger partial charge in [0.05, 0.1) is 0 Å². The van der Waals surface area contributed by atoms with Crippen molar-refractivity contribution in [1.82, 2.24) is 0 Å². The van der Waals surface area contributed by atoms with Crippen molar-refractivity contribution in [3.63, 3.8) is 0 Å². The topological polar surface area (TPSA) is 33.4 Å². The van der Waals surface area contributed by atoms with Crippen LogP contribution in [0.4, 0.5) is 0 Å². The molecule has 1 aliphatic rings. The number of hydrogen-bond acceptors (Lipinski definition) is 2. The number of rotatable bonds is 0. The molecule has 1 aromatic carbocycles. The highest BCUT2D eigenvalue weighted by Gasteiger charge is 2.24. The summed E-state index contributed by atoms with van der Waals surface area (Å²) in [6.45, 7) is 0. The molecular formula is C12H11IO2. The van der Waals surface area contributed by atoms with E-state index in [1.165, 1.54) is 14.5 Å². The highest BCUT2D eigenvalue weighted by Crippen LogP contribution is 2.37. The molecule has 3 heteroatoms. The maximum atomic E-state index is 9.84. The molecule has 0 aliphatic heterocycles. The van der Waals surface area contributed by atoms with Gasteiger partial charge in [0.25, 0.3) is 0 Å². The van der Waals surface area contributed by atoms with Crippen LogP contribution in [0.3, 0.4) is 0 Å². The SMILES string of the molecule is OC1CCCc2c1oc1ccc(I)cc21. The monoisotopic (exact) mass is 314 g/mol. The number of aryl methyl sites for hydroxylation is 1. The predicted molar refractivity (Wildman–Crippen MR) is 66.8 cm³/mol. The van der Waals surface area contributed by atoms with Crippen molar-refractivity contribution in [2.24, 2.45) is 0 Å². The van der Waals surface area contributed by atoms with Crippen LogP contribution in [0.15, 0.2) is 22.6 Å². The van der Waals surface area contributed by atoms with E-state index in [-0.39, 0.29) is 0 Å². The first-order valence-corrected chi connectivity index (χ1v) is 6.22. The maximum Gasteiger partial charge on any atom is 0.136 e. The maximum absolute atomic E-state index is 9.84. The Labute approximate surface area is 101 Å². The van der Waals surface area contributed by atoms with Crippen LogP contribution in [-0.4, -0.2) is 5.11 Å². The quantitative estimate of drug-likeness (QED) is 0.756. The van der Waals surface area contributed by atoms with E-state index in [1.54, 1.807) is 0 Å². The highest BCUT2D eigenvalue weighted by atomic mass is 127. The Morgan fingerprint density at radius 1 is 1.40 bits per heavy atom. The van der Waals surface area contributed by atoms with Crippen LogP contribution in [0.1, 0.15) is 30.3 Å². The number of halogens is 1. The lowest BCUT2D eigenvalue weighted by Crippen LogP contribution is -2.06. The number of furan rings is 1. The fourth-order valence-electron chi connectivity index (χ4n) is 2.27. The van der Waals surface area contributed by atoms with E-state index in [4.69, 9.17) is 4.42 Å². The lowest BCUT2D eigenvalue weighted by Gasteiger charge is -2.15. The second kappa shape index (κ2) is 3.49. The molecule has 0 bridgehead atoms. The van der Waals surface area contributed by atoms with Gasteiger partial charge in [-0.15, -0.1) is 0 Å². The van der Waals surface area contributed by atoms with E-state index in [0.29, 0.717) is 0 Å². The van der Waals surface area contributed by atoms with Crippen LogP contribution in [0, 0.1) is 3.57 Å². The van der Waals surface area contributed by atoms with Crippen LogP contribution < -0.4 is 0 Å². The van der Waals surface area contributed by atoms with Gasteiger partial charge in [-0.2, -0.15) is 0 Å². The van der Waals surface area contributed by atoms with E-state index in [1.807, 2.05) is 12.1 Å². The number of benzene rings is 1.